The van der Waals surface area contributed by atoms with Gasteiger partial charge in [0.05, 0.1) is 0 Å². The smallest absolute Gasteiger partial charge is 0.167 e. The van der Waals surface area contributed by atoms with Crippen molar-refractivity contribution in [1.82, 2.24) is 0 Å². The first kappa shape index (κ1) is 18.2. The third-order valence-corrected chi connectivity index (χ3v) is 4.32. The van der Waals surface area contributed by atoms with E-state index in [4.69, 9.17) is 11.5 Å². The molecular formula is C22H20N2O3. The van der Waals surface area contributed by atoms with Gasteiger partial charge < -0.3 is 16.6 Å². The Labute approximate surface area is 157 Å². The molecule has 0 aliphatic carbocycles. The van der Waals surface area contributed by atoms with Crippen molar-refractivity contribution in [3.63, 3.8) is 0 Å². The van der Waals surface area contributed by atoms with Crippen LogP contribution in [0.15, 0.2) is 66.7 Å². The highest BCUT2D eigenvalue weighted by molar-refractivity contribution is 5.99. The van der Waals surface area contributed by atoms with Gasteiger partial charge in [-0.15, -0.1) is 0 Å². The van der Waals surface area contributed by atoms with Crippen LogP contribution in [0.3, 0.4) is 0 Å². The van der Waals surface area contributed by atoms with Crippen LogP contribution in [0.25, 0.3) is 0 Å². The van der Waals surface area contributed by atoms with Gasteiger partial charge in [0, 0.05) is 40.9 Å². The molecular weight excluding hydrogens is 340 g/mol. The number of ketones is 2. The fourth-order valence-corrected chi connectivity index (χ4v) is 2.79. The molecule has 0 spiro atoms. The highest BCUT2D eigenvalue weighted by Gasteiger charge is 2.13. The molecule has 136 valence electrons. The molecule has 5 heteroatoms. The Kier molecular flexibility index (Phi) is 5.22. The summed E-state index contributed by atoms with van der Waals surface area (Å²) in [5.41, 5.74) is 14.8. The summed E-state index contributed by atoms with van der Waals surface area (Å²) in [4.78, 5) is 24.8. The number of aromatic hydroxyl groups is 1. The van der Waals surface area contributed by atoms with Gasteiger partial charge in [-0.05, 0) is 60.2 Å². The third kappa shape index (κ3) is 4.52. The average Bonchev–Trinajstić information content (AvgIpc) is 2.65. The van der Waals surface area contributed by atoms with Crippen molar-refractivity contribution in [2.75, 3.05) is 11.5 Å². The maximum absolute atomic E-state index is 12.4. The van der Waals surface area contributed by atoms with Crippen LogP contribution in [0.4, 0.5) is 11.4 Å². The van der Waals surface area contributed by atoms with Gasteiger partial charge in [-0.1, -0.05) is 12.1 Å². The first-order valence-corrected chi connectivity index (χ1v) is 8.50. The van der Waals surface area contributed by atoms with Crippen molar-refractivity contribution >= 4 is 22.9 Å². The van der Waals surface area contributed by atoms with E-state index in [9.17, 15) is 14.7 Å². The van der Waals surface area contributed by atoms with Crippen molar-refractivity contribution in [2.24, 2.45) is 0 Å². The van der Waals surface area contributed by atoms with E-state index in [0.717, 1.165) is 5.56 Å². The quantitative estimate of drug-likeness (QED) is 0.461. The zero-order chi connectivity index (χ0) is 19.4. The summed E-state index contributed by atoms with van der Waals surface area (Å²) in [5.74, 6) is -0.161. The van der Waals surface area contributed by atoms with Crippen LogP contribution in [0.1, 0.15) is 31.8 Å². The molecule has 0 atom stereocenters. The lowest BCUT2D eigenvalue weighted by Gasteiger charge is -2.08. The molecule has 0 radical (unpaired) electrons. The normalized spacial score (nSPS) is 10.5. The third-order valence-electron chi connectivity index (χ3n) is 4.32. The van der Waals surface area contributed by atoms with Crippen LogP contribution >= 0.6 is 0 Å². The Morgan fingerprint density at radius 2 is 1.19 bits per heavy atom. The summed E-state index contributed by atoms with van der Waals surface area (Å²) in [5, 5.41) is 10.1. The molecule has 3 aromatic rings. The summed E-state index contributed by atoms with van der Waals surface area (Å²) in [6.45, 7) is 0. The Bertz CT molecular complexity index is 977. The maximum atomic E-state index is 12.4. The number of phenolic OH excluding ortho intramolecular Hbond substituents is 1. The van der Waals surface area contributed by atoms with E-state index in [-0.39, 0.29) is 30.2 Å². The largest absolute Gasteiger partial charge is 0.508 e. The van der Waals surface area contributed by atoms with Crippen LogP contribution < -0.4 is 11.5 Å². The second-order valence-electron chi connectivity index (χ2n) is 6.41. The molecule has 27 heavy (non-hydrogen) atoms. The number of Topliss-reactive ketones (excluding diaryl/α,β-unsaturated/α-hetero) is 2. The van der Waals surface area contributed by atoms with Gasteiger partial charge in [-0.2, -0.15) is 0 Å². The molecule has 0 bridgehead atoms. The van der Waals surface area contributed by atoms with Gasteiger partial charge in [-0.3, -0.25) is 9.59 Å². The summed E-state index contributed by atoms with van der Waals surface area (Å²) in [6, 6.07) is 18.3. The van der Waals surface area contributed by atoms with Gasteiger partial charge in [0.2, 0.25) is 0 Å². The molecule has 0 aliphatic rings. The number of hydrogen-bond acceptors (Lipinski definition) is 5. The van der Waals surface area contributed by atoms with Gasteiger partial charge in [0.15, 0.2) is 11.6 Å². The summed E-state index contributed by atoms with van der Waals surface area (Å²) < 4.78 is 0. The molecule has 0 saturated heterocycles. The maximum Gasteiger partial charge on any atom is 0.167 e. The highest BCUT2D eigenvalue weighted by atomic mass is 16.3. The summed E-state index contributed by atoms with van der Waals surface area (Å²) in [6.07, 6.45) is 0.215. The molecule has 0 saturated carbocycles. The van der Waals surface area contributed by atoms with E-state index in [1.807, 2.05) is 0 Å². The molecule has 0 fully saturated rings. The predicted octanol–water partition coefficient (Wildman–Crippen LogP) is 3.41. The van der Waals surface area contributed by atoms with Crippen LogP contribution in [0.5, 0.6) is 5.75 Å². The van der Waals surface area contributed by atoms with Crippen LogP contribution in [0.2, 0.25) is 0 Å². The fourth-order valence-electron chi connectivity index (χ4n) is 2.79. The van der Waals surface area contributed by atoms with E-state index in [1.165, 1.54) is 6.07 Å². The van der Waals surface area contributed by atoms with Gasteiger partial charge >= 0.3 is 0 Å². The van der Waals surface area contributed by atoms with E-state index in [1.54, 1.807) is 60.7 Å². The van der Waals surface area contributed by atoms with Crippen LogP contribution in [-0.2, 0) is 12.8 Å². The molecule has 0 aromatic heterocycles. The fraction of sp³-hybridized carbons (Fsp3) is 0.0909. The van der Waals surface area contributed by atoms with Crippen molar-refractivity contribution in [3.8, 4) is 5.75 Å². The van der Waals surface area contributed by atoms with Crippen LogP contribution in [-0.4, -0.2) is 16.7 Å². The van der Waals surface area contributed by atoms with Crippen molar-refractivity contribution in [3.05, 3.63) is 89.0 Å². The first-order valence-electron chi connectivity index (χ1n) is 8.50. The van der Waals surface area contributed by atoms with E-state index >= 15 is 0 Å². The second kappa shape index (κ2) is 7.74. The number of rotatable bonds is 6. The van der Waals surface area contributed by atoms with E-state index in [2.05, 4.69) is 0 Å². The van der Waals surface area contributed by atoms with E-state index < -0.39 is 0 Å². The Hall–Kier alpha value is -3.60. The second-order valence-corrected chi connectivity index (χ2v) is 6.41. The molecule has 5 nitrogen and oxygen atoms in total. The lowest BCUT2D eigenvalue weighted by atomic mass is 9.97. The topological polar surface area (TPSA) is 106 Å². The minimum atomic E-state index is -0.132. The molecule has 3 rings (SSSR count). The van der Waals surface area contributed by atoms with E-state index in [0.29, 0.717) is 28.1 Å². The standard InChI is InChI=1S/C22H20N2O3/c23-18-6-2-15(3-7-18)21(26)12-14-1-10-20(25)17(11-14)13-22(27)16-4-8-19(24)9-5-16/h1-11,25H,12-13,23-24H2. The number of hydrogen-bond donors (Lipinski definition) is 3. The molecule has 5 N–H and O–H groups in total. The Morgan fingerprint density at radius 1 is 0.704 bits per heavy atom. The number of nitrogens with two attached hydrogens (primary N) is 2. The van der Waals surface area contributed by atoms with Gasteiger partial charge in [-0.25, -0.2) is 0 Å². The summed E-state index contributed by atoms with van der Waals surface area (Å²) in [7, 11) is 0. The zero-order valence-electron chi connectivity index (χ0n) is 14.7. The minimum absolute atomic E-state index is 0.0301. The molecule has 0 unspecified atom stereocenters. The number of phenols is 1. The first-order chi connectivity index (χ1) is 12.9. The van der Waals surface area contributed by atoms with Gasteiger partial charge in [0.1, 0.15) is 5.75 Å². The highest BCUT2D eigenvalue weighted by Crippen LogP contribution is 2.22. The van der Waals surface area contributed by atoms with Crippen molar-refractivity contribution in [1.29, 1.82) is 0 Å². The number of anilines is 2. The lowest BCUT2D eigenvalue weighted by molar-refractivity contribution is 0.0986. The molecule has 0 aliphatic heterocycles. The average molecular weight is 360 g/mol. The minimum Gasteiger partial charge on any atom is -0.508 e. The van der Waals surface area contributed by atoms with Crippen molar-refractivity contribution < 1.29 is 14.7 Å². The van der Waals surface area contributed by atoms with Crippen molar-refractivity contribution in [2.45, 2.75) is 12.8 Å². The number of carbonyl (C=O) groups excluding carboxylic acids is 2. The predicted molar refractivity (Wildman–Crippen MR) is 106 cm³/mol. The lowest BCUT2D eigenvalue weighted by Crippen LogP contribution is -2.07. The number of benzene rings is 3. The van der Waals surface area contributed by atoms with Gasteiger partial charge in [0.25, 0.3) is 0 Å². The number of carbonyl (C=O) groups is 2. The summed E-state index contributed by atoms with van der Waals surface area (Å²) >= 11 is 0. The molecule has 0 amide bonds. The molecule has 0 heterocycles. The monoisotopic (exact) mass is 360 g/mol. The number of nitrogen functional groups attached to an aromatic ring is 2. The van der Waals surface area contributed by atoms with Crippen LogP contribution in [0, 0.1) is 0 Å². The Morgan fingerprint density at radius 3 is 1.70 bits per heavy atom. The Balaban J connectivity index is 1.75. The molecule has 3 aromatic carbocycles. The zero-order valence-corrected chi connectivity index (χ0v) is 14.7. The SMILES string of the molecule is Nc1ccc(C(=O)Cc2ccc(O)c(CC(=O)c3ccc(N)cc3)c2)cc1.